The average Bonchev–Trinajstić information content (AvgIpc) is 3.65. The first-order valence-electron chi connectivity index (χ1n) is 16.2. The van der Waals surface area contributed by atoms with Crippen LogP contribution in [-0.4, -0.2) is 53.7 Å². The summed E-state index contributed by atoms with van der Waals surface area (Å²) in [5.74, 6) is -0.766. The fourth-order valence-corrected chi connectivity index (χ4v) is 10.2. The minimum absolute atomic E-state index is 0.0874. The van der Waals surface area contributed by atoms with Crippen molar-refractivity contribution < 1.29 is 18.7 Å². The molecule has 10 heteroatoms. The molecule has 1 spiro atoms. The van der Waals surface area contributed by atoms with Gasteiger partial charge in [-0.3, -0.25) is 9.48 Å². The van der Waals surface area contributed by atoms with Gasteiger partial charge in [0.25, 0.3) is 5.91 Å². The van der Waals surface area contributed by atoms with Crippen LogP contribution in [0.4, 0.5) is 9.80 Å². The van der Waals surface area contributed by atoms with E-state index in [1.165, 1.54) is 11.1 Å². The Balaban J connectivity index is 1.41. The Morgan fingerprint density at radius 2 is 1.91 bits per heavy atom. The molecule has 1 saturated heterocycles. The van der Waals surface area contributed by atoms with Crippen molar-refractivity contribution in [3.05, 3.63) is 99.3 Å². The highest BCUT2D eigenvalue weighted by Gasteiger charge is 2.66. The molecule has 0 saturated carbocycles. The lowest BCUT2D eigenvalue weighted by atomic mass is 9.82. The molecular formula is C36H46BrFN4O3Si. The number of nitrogens with zero attached hydrogens (tertiary/aromatic N) is 4. The zero-order valence-electron chi connectivity index (χ0n) is 27.7. The summed E-state index contributed by atoms with van der Waals surface area (Å²) < 4.78 is 25.8. The third-order valence-electron chi connectivity index (χ3n) is 9.58. The van der Waals surface area contributed by atoms with Gasteiger partial charge >= 0.3 is 0 Å². The number of anilines is 1. The van der Waals surface area contributed by atoms with E-state index in [0.29, 0.717) is 25.2 Å². The summed E-state index contributed by atoms with van der Waals surface area (Å²) in [6.45, 7) is 12.5. The monoisotopic (exact) mass is 708 g/mol. The van der Waals surface area contributed by atoms with E-state index in [2.05, 4.69) is 59.2 Å². The van der Waals surface area contributed by atoms with Crippen LogP contribution in [0.1, 0.15) is 69.7 Å². The lowest BCUT2D eigenvalue weighted by molar-refractivity contribution is -0.145. The van der Waals surface area contributed by atoms with Crippen LogP contribution in [0.2, 0.25) is 18.6 Å². The first-order chi connectivity index (χ1) is 21.9. The van der Waals surface area contributed by atoms with Crippen LogP contribution in [0.25, 0.3) is 0 Å². The highest BCUT2D eigenvalue weighted by Crippen LogP contribution is 2.60. The maximum Gasteiger partial charge on any atom is 0.264 e. The number of hydrogen-bond acceptors (Lipinski definition) is 5. The topological polar surface area (TPSA) is 80.5 Å². The molecule has 5 atom stereocenters. The van der Waals surface area contributed by atoms with Crippen molar-refractivity contribution in [1.82, 2.24) is 15.0 Å². The van der Waals surface area contributed by atoms with Crippen molar-refractivity contribution in [2.24, 2.45) is 5.92 Å². The summed E-state index contributed by atoms with van der Waals surface area (Å²) in [6.07, 6.45) is 8.09. The number of hydrogen-bond donors (Lipinski definition) is 1. The Morgan fingerprint density at radius 1 is 1.17 bits per heavy atom. The molecule has 1 amide bonds. The number of aryl methyl sites for hydroxylation is 1. The number of aliphatic hydroxyl groups is 1. The number of halogens is 2. The van der Waals surface area contributed by atoms with Crippen LogP contribution in [0.3, 0.4) is 0 Å². The molecule has 2 aromatic carbocycles. The molecule has 0 aliphatic carbocycles. The fraction of sp³-hybridized carbons (Fsp3) is 0.472. The number of rotatable bonds is 12. The Morgan fingerprint density at radius 3 is 2.59 bits per heavy atom. The van der Waals surface area contributed by atoms with E-state index < -0.39 is 25.7 Å². The van der Waals surface area contributed by atoms with E-state index in [9.17, 15) is 9.90 Å². The van der Waals surface area contributed by atoms with E-state index >= 15 is 4.11 Å². The molecule has 3 aromatic rings. The predicted octanol–water partition coefficient (Wildman–Crippen LogP) is 8.07. The van der Waals surface area contributed by atoms with Crippen LogP contribution >= 0.6 is 15.9 Å². The fourth-order valence-electron chi connectivity index (χ4n) is 7.31. The maximum absolute atomic E-state index is 16.3. The van der Waals surface area contributed by atoms with Gasteiger partial charge in [0.15, 0.2) is 5.60 Å². The minimum Gasteiger partial charge on any atom is -0.395 e. The molecule has 5 rings (SSSR count). The zero-order valence-corrected chi connectivity index (χ0v) is 30.3. The van der Waals surface area contributed by atoms with Gasteiger partial charge in [0, 0.05) is 40.8 Å². The van der Waals surface area contributed by atoms with Crippen molar-refractivity contribution >= 4 is 35.9 Å². The van der Waals surface area contributed by atoms with Crippen LogP contribution in [0, 0.1) is 5.92 Å². The van der Waals surface area contributed by atoms with Gasteiger partial charge in [0.05, 0.1) is 30.0 Å². The molecule has 0 bridgehead atoms. The lowest BCUT2D eigenvalue weighted by Crippen LogP contribution is -2.45. The molecule has 1 fully saturated rings. The van der Waals surface area contributed by atoms with Crippen molar-refractivity contribution in [2.45, 2.75) is 89.8 Å². The normalized spacial score (nSPS) is 23.7. The highest BCUT2D eigenvalue weighted by molar-refractivity contribution is 9.10. The van der Waals surface area contributed by atoms with E-state index in [1.807, 2.05) is 66.6 Å². The van der Waals surface area contributed by atoms with Gasteiger partial charge in [0.2, 0.25) is 8.41 Å². The molecule has 1 aromatic heterocycles. The molecule has 7 nitrogen and oxygen atoms in total. The Labute approximate surface area is 281 Å². The molecule has 46 heavy (non-hydrogen) atoms. The summed E-state index contributed by atoms with van der Waals surface area (Å²) in [5.41, 5.74) is 4.11. The van der Waals surface area contributed by atoms with Gasteiger partial charge in [-0.25, -0.2) is 0 Å². The number of carbonyl (C=O) groups excluding carboxylic acids is 1. The van der Waals surface area contributed by atoms with Crippen LogP contribution < -0.4 is 4.90 Å². The van der Waals surface area contributed by atoms with Crippen molar-refractivity contribution in [1.29, 1.82) is 0 Å². The van der Waals surface area contributed by atoms with Crippen LogP contribution in [0.15, 0.2) is 82.5 Å². The smallest absolute Gasteiger partial charge is 0.264 e. The first kappa shape index (κ1) is 34.4. The zero-order chi connectivity index (χ0) is 33.2. The largest absolute Gasteiger partial charge is 0.395 e. The van der Waals surface area contributed by atoms with E-state index in [0.717, 1.165) is 34.1 Å². The van der Waals surface area contributed by atoms with Crippen LogP contribution in [-0.2, 0) is 21.7 Å². The van der Waals surface area contributed by atoms with Gasteiger partial charge in [-0.15, -0.1) is 5.10 Å². The average molecular weight is 710 g/mol. The number of aromatic nitrogens is 3. The third-order valence-corrected chi connectivity index (χ3v) is 12.5. The molecule has 1 N–H and O–H groups in total. The van der Waals surface area contributed by atoms with Gasteiger partial charge in [0.1, 0.15) is 0 Å². The number of ether oxygens (including phenoxy) is 1. The molecule has 1 unspecified atom stereocenters. The third kappa shape index (κ3) is 6.86. The first-order valence-corrected chi connectivity index (χ1v) is 19.9. The number of aliphatic hydroxyl groups excluding tert-OH is 1. The lowest BCUT2D eigenvalue weighted by Gasteiger charge is -2.31. The summed E-state index contributed by atoms with van der Waals surface area (Å²) in [7, 11) is -3.30. The van der Waals surface area contributed by atoms with Gasteiger partial charge < -0.3 is 18.9 Å². The Hall–Kier alpha value is -2.92. The number of carbonyl (C=O) groups is 1. The Kier molecular flexibility index (Phi) is 10.5. The van der Waals surface area contributed by atoms with E-state index in [1.54, 1.807) is 17.8 Å². The second-order valence-corrected chi connectivity index (χ2v) is 18.3. The molecular weight excluding hydrogens is 663 g/mol. The minimum atomic E-state index is -3.30. The molecule has 2 aliphatic rings. The van der Waals surface area contributed by atoms with Crippen LogP contribution in [0.5, 0.6) is 0 Å². The second kappa shape index (κ2) is 14.1. The summed E-state index contributed by atoms with van der Waals surface area (Å²) >= 11 is 3.62. The number of benzene rings is 2. The Bertz CT molecular complexity index is 1600. The summed E-state index contributed by atoms with van der Waals surface area (Å²) in [4.78, 5) is 16.4. The van der Waals surface area contributed by atoms with Crippen molar-refractivity contribution in [3.8, 4) is 0 Å². The summed E-state index contributed by atoms with van der Waals surface area (Å²) in [6, 6.07) is 15.6. The second-order valence-electron chi connectivity index (χ2n) is 13.6. The molecule has 0 radical (unpaired) electrons. The number of allylic oxidation sites excluding steroid dienone is 3. The molecule has 246 valence electrons. The quantitative estimate of drug-likeness (QED) is 0.117. The SMILES string of the molecule is CC(C)=CCC/C(C)=C/CN1C(=O)[C@@]2(O[C@@H](CCn3cc(C(CO)c4ccccc4)nn3)[C@H]([Si](C)(C)F)[C@H]2C)c2cc(Br)ccc21. The van der Waals surface area contributed by atoms with Gasteiger partial charge in [-0.1, -0.05) is 81.7 Å². The van der Waals surface area contributed by atoms with E-state index in [4.69, 9.17) is 4.74 Å². The molecule has 3 heterocycles. The van der Waals surface area contributed by atoms with E-state index in [-0.39, 0.29) is 24.3 Å². The van der Waals surface area contributed by atoms with Crippen molar-refractivity contribution in [3.63, 3.8) is 0 Å². The van der Waals surface area contributed by atoms with Gasteiger partial charge in [-0.2, -0.15) is 0 Å². The highest BCUT2D eigenvalue weighted by atomic mass is 79.9. The molecule has 2 aliphatic heterocycles. The number of amides is 1. The van der Waals surface area contributed by atoms with Gasteiger partial charge in [-0.05, 0) is 76.9 Å². The summed E-state index contributed by atoms with van der Waals surface area (Å²) in [5, 5.41) is 18.8. The van der Waals surface area contributed by atoms with Crippen molar-refractivity contribution in [2.75, 3.05) is 18.1 Å². The predicted molar refractivity (Wildman–Crippen MR) is 187 cm³/mol. The maximum atomic E-state index is 16.3. The standard InChI is InChI=1S/C36H46BrFN4O3Si/c1-24(2)11-10-12-25(3)17-20-42-32-16-15-28(37)21-30(32)36(35(42)44)26(4)34(46(5,6)38)33(45-36)18-19-41-22-31(39-40-41)29(23-43)27-13-8-7-9-14-27/h7-9,11,13-17,21-22,26,29,33-34,43H,10,12,18-20,23H2,1-6H3/b25-17+/t26-,29?,33+,34-,36+/m1/s1. The number of fused-ring (bicyclic) bond motifs is 2.